The maximum absolute atomic E-state index is 12.6. The summed E-state index contributed by atoms with van der Waals surface area (Å²) in [6, 6.07) is 16.1. The van der Waals surface area contributed by atoms with Gasteiger partial charge in [0.15, 0.2) is 0 Å². The Kier molecular flexibility index (Phi) is 5.50. The highest BCUT2D eigenvalue weighted by atomic mass is 16.1. The van der Waals surface area contributed by atoms with E-state index >= 15 is 0 Å². The molecule has 4 rings (SSSR count). The van der Waals surface area contributed by atoms with Crippen molar-refractivity contribution in [1.82, 2.24) is 15.1 Å². The monoisotopic (exact) mass is 375 g/mol. The zero-order valence-corrected chi connectivity index (χ0v) is 15.8. The molecule has 1 saturated heterocycles. The quantitative estimate of drug-likeness (QED) is 0.618. The zero-order valence-electron chi connectivity index (χ0n) is 15.8. The molecule has 6 nitrogen and oxygen atoms in total. The summed E-state index contributed by atoms with van der Waals surface area (Å²) in [5, 5.41) is 10.7. The highest BCUT2D eigenvalue weighted by Crippen LogP contribution is 2.24. The highest BCUT2D eigenvalue weighted by Gasteiger charge is 2.15. The van der Waals surface area contributed by atoms with Crippen molar-refractivity contribution in [2.75, 3.05) is 11.9 Å². The Hall–Kier alpha value is -2.96. The lowest BCUT2D eigenvalue weighted by molar-refractivity contribution is 0.102. The Bertz CT molecular complexity index is 942. The van der Waals surface area contributed by atoms with Crippen LogP contribution in [0.5, 0.6) is 0 Å². The molecule has 1 unspecified atom stereocenters. The fraction of sp³-hybridized carbons (Fsp3) is 0.273. The summed E-state index contributed by atoms with van der Waals surface area (Å²) < 4.78 is 1.88. The molecule has 1 fully saturated rings. The first kappa shape index (κ1) is 18.4. The molecule has 1 aromatic heterocycles. The number of nitrogens with zero attached hydrogens (tertiary/aromatic N) is 2. The first-order valence-corrected chi connectivity index (χ1v) is 9.68. The van der Waals surface area contributed by atoms with Crippen molar-refractivity contribution in [3.8, 4) is 11.1 Å². The van der Waals surface area contributed by atoms with Gasteiger partial charge in [0.05, 0.1) is 18.4 Å². The number of nitrogens with one attached hydrogen (secondary N) is 2. The van der Waals surface area contributed by atoms with E-state index in [4.69, 9.17) is 5.73 Å². The van der Waals surface area contributed by atoms with E-state index in [0.29, 0.717) is 23.8 Å². The molecule has 0 saturated carbocycles. The van der Waals surface area contributed by atoms with Crippen molar-refractivity contribution < 1.29 is 4.79 Å². The predicted molar refractivity (Wildman–Crippen MR) is 111 cm³/mol. The molecule has 1 atom stereocenters. The number of amides is 1. The summed E-state index contributed by atoms with van der Waals surface area (Å²) in [6.45, 7) is 2.38. The molecule has 0 spiro atoms. The van der Waals surface area contributed by atoms with Crippen molar-refractivity contribution in [1.29, 1.82) is 0 Å². The second-order valence-corrected chi connectivity index (χ2v) is 7.14. The molecule has 4 N–H and O–H groups in total. The SMILES string of the molecule is NCc1ccccc1-c1ccc(C(=O)Nc2cnn(CC3CCCN3)c2)cc1. The number of aromatic nitrogens is 2. The van der Waals surface area contributed by atoms with Gasteiger partial charge in [-0.3, -0.25) is 9.48 Å². The van der Waals surface area contributed by atoms with Gasteiger partial charge < -0.3 is 16.4 Å². The number of rotatable bonds is 6. The van der Waals surface area contributed by atoms with E-state index in [-0.39, 0.29) is 5.91 Å². The second-order valence-electron chi connectivity index (χ2n) is 7.14. The first-order chi connectivity index (χ1) is 13.7. The van der Waals surface area contributed by atoms with Crippen LogP contribution >= 0.6 is 0 Å². The van der Waals surface area contributed by atoms with Gasteiger partial charge in [-0.25, -0.2) is 0 Å². The Morgan fingerprint density at radius 1 is 1.21 bits per heavy atom. The van der Waals surface area contributed by atoms with Crippen LogP contribution in [0.4, 0.5) is 5.69 Å². The molecule has 0 bridgehead atoms. The summed E-state index contributed by atoms with van der Waals surface area (Å²) in [7, 11) is 0. The number of carbonyl (C=O) groups excluding carboxylic acids is 1. The molecule has 6 heteroatoms. The van der Waals surface area contributed by atoms with Crippen molar-refractivity contribution >= 4 is 11.6 Å². The second kappa shape index (κ2) is 8.37. The molecule has 1 amide bonds. The molecule has 2 heterocycles. The van der Waals surface area contributed by atoms with E-state index in [1.54, 1.807) is 6.20 Å². The van der Waals surface area contributed by atoms with Crippen molar-refractivity contribution in [2.45, 2.75) is 32.0 Å². The summed E-state index contributed by atoms with van der Waals surface area (Å²) >= 11 is 0. The average molecular weight is 375 g/mol. The molecule has 0 radical (unpaired) electrons. The van der Waals surface area contributed by atoms with Gasteiger partial charge >= 0.3 is 0 Å². The van der Waals surface area contributed by atoms with Gasteiger partial charge in [-0.05, 0) is 48.2 Å². The lowest BCUT2D eigenvalue weighted by Crippen LogP contribution is -2.26. The van der Waals surface area contributed by atoms with Gasteiger partial charge in [0.1, 0.15) is 0 Å². The fourth-order valence-corrected chi connectivity index (χ4v) is 3.65. The van der Waals surface area contributed by atoms with Gasteiger partial charge in [0.2, 0.25) is 0 Å². The lowest BCUT2D eigenvalue weighted by Gasteiger charge is -2.09. The van der Waals surface area contributed by atoms with E-state index < -0.39 is 0 Å². The van der Waals surface area contributed by atoms with Crippen molar-refractivity contribution in [2.24, 2.45) is 5.73 Å². The third-order valence-corrected chi connectivity index (χ3v) is 5.16. The number of benzene rings is 2. The topological polar surface area (TPSA) is 85.0 Å². The minimum absolute atomic E-state index is 0.141. The predicted octanol–water partition coefficient (Wildman–Crippen LogP) is 3.01. The van der Waals surface area contributed by atoms with Crippen LogP contribution in [-0.4, -0.2) is 28.3 Å². The average Bonchev–Trinajstić information content (AvgIpc) is 3.40. The van der Waals surface area contributed by atoms with Gasteiger partial charge in [-0.1, -0.05) is 36.4 Å². The van der Waals surface area contributed by atoms with Crippen LogP contribution < -0.4 is 16.4 Å². The molecule has 28 heavy (non-hydrogen) atoms. The fourth-order valence-electron chi connectivity index (χ4n) is 3.65. The van der Waals surface area contributed by atoms with E-state index in [9.17, 15) is 4.79 Å². The molecule has 2 aromatic carbocycles. The van der Waals surface area contributed by atoms with Crippen LogP contribution in [0.1, 0.15) is 28.8 Å². The van der Waals surface area contributed by atoms with Crippen LogP contribution in [0.3, 0.4) is 0 Å². The number of carbonyl (C=O) groups is 1. The maximum Gasteiger partial charge on any atom is 0.255 e. The van der Waals surface area contributed by atoms with Gasteiger partial charge in [-0.2, -0.15) is 5.10 Å². The summed E-state index contributed by atoms with van der Waals surface area (Å²) in [5.74, 6) is -0.141. The zero-order chi connectivity index (χ0) is 19.3. The number of nitrogens with two attached hydrogens (primary N) is 1. The van der Waals surface area contributed by atoms with Crippen LogP contribution in [0.25, 0.3) is 11.1 Å². The lowest BCUT2D eigenvalue weighted by atomic mass is 9.98. The van der Waals surface area contributed by atoms with E-state index in [1.807, 2.05) is 59.4 Å². The molecular weight excluding hydrogens is 350 g/mol. The Balaban J connectivity index is 1.42. The van der Waals surface area contributed by atoms with E-state index in [1.165, 1.54) is 12.8 Å². The Labute approximate surface area is 164 Å². The van der Waals surface area contributed by atoms with E-state index in [2.05, 4.69) is 15.7 Å². The number of hydrogen-bond donors (Lipinski definition) is 3. The summed E-state index contributed by atoms with van der Waals surface area (Å²) in [5.41, 5.74) is 10.4. The molecular formula is C22H25N5O. The molecule has 144 valence electrons. The molecule has 3 aromatic rings. The largest absolute Gasteiger partial charge is 0.326 e. The Morgan fingerprint density at radius 2 is 2.04 bits per heavy atom. The van der Waals surface area contributed by atoms with E-state index in [0.717, 1.165) is 29.8 Å². The van der Waals surface area contributed by atoms with Crippen LogP contribution in [0, 0.1) is 0 Å². The third kappa shape index (κ3) is 4.13. The van der Waals surface area contributed by atoms with Gasteiger partial charge in [-0.15, -0.1) is 0 Å². The normalized spacial score (nSPS) is 16.2. The summed E-state index contributed by atoms with van der Waals surface area (Å²) in [4.78, 5) is 12.6. The van der Waals surface area contributed by atoms with Crippen LogP contribution in [0.15, 0.2) is 60.9 Å². The third-order valence-electron chi connectivity index (χ3n) is 5.16. The molecule has 0 aliphatic carbocycles. The standard InChI is InChI=1S/C22H25N5O/c23-12-18-4-1-2-6-21(18)16-7-9-17(10-8-16)22(28)26-20-13-25-27(15-20)14-19-5-3-11-24-19/h1-2,4,6-10,13,15,19,24H,3,5,11-12,14,23H2,(H,26,28). The minimum atomic E-state index is -0.141. The number of anilines is 1. The van der Waals surface area contributed by atoms with Crippen LogP contribution in [-0.2, 0) is 13.1 Å². The maximum atomic E-state index is 12.6. The van der Waals surface area contributed by atoms with Crippen molar-refractivity contribution in [3.05, 3.63) is 72.1 Å². The first-order valence-electron chi connectivity index (χ1n) is 9.68. The molecule has 1 aliphatic rings. The smallest absolute Gasteiger partial charge is 0.255 e. The summed E-state index contributed by atoms with van der Waals surface area (Å²) in [6.07, 6.45) is 5.95. The number of hydrogen-bond acceptors (Lipinski definition) is 4. The van der Waals surface area contributed by atoms with Crippen LogP contribution in [0.2, 0.25) is 0 Å². The minimum Gasteiger partial charge on any atom is -0.326 e. The van der Waals surface area contributed by atoms with Gasteiger partial charge in [0.25, 0.3) is 5.91 Å². The van der Waals surface area contributed by atoms with Gasteiger partial charge in [0, 0.05) is 24.3 Å². The van der Waals surface area contributed by atoms with Crippen molar-refractivity contribution in [3.63, 3.8) is 0 Å². The molecule has 1 aliphatic heterocycles. The highest BCUT2D eigenvalue weighted by molar-refractivity contribution is 6.04. The Morgan fingerprint density at radius 3 is 2.79 bits per heavy atom.